The van der Waals surface area contributed by atoms with Crippen LogP contribution in [0.4, 0.5) is 0 Å². The van der Waals surface area contributed by atoms with Crippen molar-refractivity contribution in [3.8, 4) is 40.1 Å². The van der Waals surface area contributed by atoms with E-state index in [-0.39, 0.29) is 33.8 Å². The van der Waals surface area contributed by atoms with Gasteiger partial charge < -0.3 is 54.0 Å². The number of aliphatic hydroxyl groups is 3. The van der Waals surface area contributed by atoms with Crippen molar-refractivity contribution in [2.24, 2.45) is 0 Å². The zero-order valence-corrected chi connectivity index (χ0v) is 19.5. The van der Waals surface area contributed by atoms with Crippen LogP contribution in [0.5, 0.6) is 28.7 Å². The van der Waals surface area contributed by atoms with Crippen molar-refractivity contribution in [3.05, 3.63) is 40.6 Å². The first-order chi connectivity index (χ1) is 17.5. The van der Waals surface area contributed by atoms with Gasteiger partial charge in [-0.15, -0.1) is 0 Å². The molecule has 1 aromatic heterocycles. The average Bonchev–Trinajstić information content (AvgIpc) is 2.85. The Kier molecular flexibility index (Phi) is 7.14. The van der Waals surface area contributed by atoms with Gasteiger partial charge in [0.05, 0.1) is 7.11 Å². The third kappa shape index (κ3) is 4.97. The number of phenolic OH excluding ortho intramolecular Hbond substituents is 3. The van der Waals surface area contributed by atoms with Gasteiger partial charge in [-0.1, -0.05) is 0 Å². The van der Waals surface area contributed by atoms with Gasteiger partial charge in [0.1, 0.15) is 47.8 Å². The number of fused-ring (bicyclic) bond motifs is 1. The number of methoxy groups -OCH3 is 1. The van der Waals surface area contributed by atoms with Crippen molar-refractivity contribution >= 4 is 16.9 Å². The van der Waals surface area contributed by atoms with Gasteiger partial charge in [0, 0.05) is 24.6 Å². The summed E-state index contributed by atoms with van der Waals surface area (Å²) in [5.41, 5.74) is -0.564. The lowest BCUT2D eigenvalue weighted by Gasteiger charge is -2.40. The molecule has 13 nitrogen and oxygen atoms in total. The normalized spacial score (nSPS) is 23.5. The Morgan fingerprint density at radius 1 is 1.00 bits per heavy atom. The Balaban J connectivity index is 1.73. The van der Waals surface area contributed by atoms with E-state index in [9.17, 15) is 40.2 Å². The highest BCUT2D eigenvalue weighted by Crippen LogP contribution is 2.44. The second-order valence-corrected chi connectivity index (χ2v) is 8.24. The smallest absolute Gasteiger partial charge is 0.302 e. The van der Waals surface area contributed by atoms with Crippen molar-refractivity contribution in [1.29, 1.82) is 0 Å². The number of carbonyl (C=O) groups is 1. The molecule has 1 aliphatic heterocycles. The maximum atomic E-state index is 12.9. The number of aliphatic hydroxyl groups excluding tert-OH is 3. The third-order valence-corrected chi connectivity index (χ3v) is 5.75. The van der Waals surface area contributed by atoms with Crippen molar-refractivity contribution in [3.63, 3.8) is 0 Å². The quantitative estimate of drug-likeness (QED) is 0.192. The molecule has 5 atom stereocenters. The molecule has 2 aromatic carbocycles. The van der Waals surface area contributed by atoms with Gasteiger partial charge in [0.25, 0.3) is 0 Å². The van der Waals surface area contributed by atoms with Crippen LogP contribution in [0.3, 0.4) is 0 Å². The van der Waals surface area contributed by atoms with E-state index in [1.54, 1.807) is 0 Å². The molecule has 198 valence electrons. The summed E-state index contributed by atoms with van der Waals surface area (Å²) in [6, 6.07) is 6.07. The molecule has 1 aliphatic rings. The summed E-state index contributed by atoms with van der Waals surface area (Å²) in [6.07, 6.45) is -8.14. The van der Waals surface area contributed by atoms with Crippen LogP contribution in [-0.4, -0.2) is 81.0 Å². The molecule has 4 rings (SSSR count). The van der Waals surface area contributed by atoms with Crippen LogP contribution in [0, 0.1) is 0 Å². The summed E-state index contributed by atoms with van der Waals surface area (Å²) in [5.74, 6) is -2.77. The van der Waals surface area contributed by atoms with Crippen LogP contribution >= 0.6 is 0 Å². The van der Waals surface area contributed by atoms with Gasteiger partial charge in [-0.3, -0.25) is 9.59 Å². The Morgan fingerprint density at radius 2 is 1.73 bits per heavy atom. The van der Waals surface area contributed by atoms with E-state index >= 15 is 0 Å². The van der Waals surface area contributed by atoms with Crippen LogP contribution in [0.15, 0.2) is 39.5 Å². The number of hydrogen-bond acceptors (Lipinski definition) is 13. The van der Waals surface area contributed by atoms with E-state index < -0.39 is 66.0 Å². The molecule has 3 aromatic rings. The Bertz CT molecular complexity index is 1380. The number of hydrogen-bond donors (Lipinski definition) is 6. The van der Waals surface area contributed by atoms with Crippen LogP contribution in [-0.2, 0) is 14.3 Å². The highest BCUT2D eigenvalue weighted by molar-refractivity contribution is 5.89. The number of esters is 1. The maximum absolute atomic E-state index is 12.9. The molecule has 0 aliphatic carbocycles. The lowest BCUT2D eigenvalue weighted by molar-refractivity contribution is -0.278. The van der Waals surface area contributed by atoms with Gasteiger partial charge in [-0.05, 0) is 18.2 Å². The molecule has 0 saturated carbocycles. The number of phenols is 3. The van der Waals surface area contributed by atoms with E-state index in [2.05, 4.69) is 0 Å². The lowest BCUT2D eigenvalue weighted by atomic mass is 9.99. The Labute approximate surface area is 208 Å². The summed E-state index contributed by atoms with van der Waals surface area (Å²) < 4.78 is 26.8. The number of carbonyl (C=O) groups excluding carboxylic acids is 1. The molecular weight excluding hydrogens is 496 g/mol. The first kappa shape index (κ1) is 26.0. The summed E-state index contributed by atoms with van der Waals surface area (Å²) in [5, 5.41) is 60.6. The highest BCUT2D eigenvalue weighted by Gasteiger charge is 2.46. The molecule has 2 heterocycles. The fourth-order valence-corrected chi connectivity index (χ4v) is 3.81. The molecule has 6 N–H and O–H groups in total. The SMILES string of the molecule is COc1cc2oc(-c3ccc(O)c(O)c3)cc(=O)c2c(O)c1O[C@@H]1O[C@H](COC(C)=O)[C@@H](O)[C@H](O)[C@H]1O. The lowest BCUT2D eigenvalue weighted by Crippen LogP contribution is -2.60. The predicted octanol–water partition coefficient (Wildman–Crippen LogP) is 0.335. The minimum absolute atomic E-state index is 0.0133. The van der Waals surface area contributed by atoms with Crippen LogP contribution in [0.2, 0.25) is 0 Å². The maximum Gasteiger partial charge on any atom is 0.302 e. The molecule has 1 saturated heterocycles. The zero-order valence-electron chi connectivity index (χ0n) is 19.5. The van der Waals surface area contributed by atoms with E-state index in [1.165, 1.54) is 31.4 Å². The van der Waals surface area contributed by atoms with E-state index in [1.807, 2.05) is 0 Å². The largest absolute Gasteiger partial charge is 0.504 e. The molecule has 0 radical (unpaired) electrons. The second-order valence-electron chi connectivity index (χ2n) is 8.24. The van der Waals surface area contributed by atoms with Crippen molar-refractivity contribution in [2.45, 2.75) is 37.6 Å². The summed E-state index contributed by atoms with van der Waals surface area (Å²) >= 11 is 0. The molecule has 1 fully saturated rings. The molecule has 0 amide bonds. The van der Waals surface area contributed by atoms with E-state index in [0.717, 1.165) is 13.0 Å². The first-order valence-electron chi connectivity index (χ1n) is 10.9. The first-order valence-corrected chi connectivity index (χ1v) is 10.9. The molecule has 13 heteroatoms. The number of aromatic hydroxyl groups is 3. The predicted molar refractivity (Wildman–Crippen MR) is 123 cm³/mol. The van der Waals surface area contributed by atoms with Gasteiger partial charge in [-0.25, -0.2) is 0 Å². The summed E-state index contributed by atoms with van der Waals surface area (Å²) in [6.45, 7) is 0.675. The standard InChI is InChI=1S/C24H24O13/c1-9(25)34-8-17-19(29)21(31)22(32)24(36-17)37-23-16(33-2)7-15-18(20(23)30)13(28)6-14(35-15)10-3-4-11(26)12(27)5-10/h3-7,17,19,21-22,24,26-27,29-32H,8H2,1-2H3/t17-,19-,21+,22-,24+/m1/s1. The summed E-state index contributed by atoms with van der Waals surface area (Å²) in [7, 11) is 1.23. The van der Waals surface area contributed by atoms with Gasteiger partial charge in [0.2, 0.25) is 12.0 Å². The van der Waals surface area contributed by atoms with E-state index in [4.69, 9.17) is 23.4 Å². The minimum atomic E-state index is -1.80. The Morgan fingerprint density at radius 3 is 2.38 bits per heavy atom. The topological polar surface area (TPSA) is 206 Å². The highest BCUT2D eigenvalue weighted by atomic mass is 16.7. The number of ether oxygens (including phenoxy) is 4. The monoisotopic (exact) mass is 520 g/mol. The fraction of sp³-hybridized carbons (Fsp3) is 0.333. The molecule has 0 bridgehead atoms. The van der Waals surface area contributed by atoms with Crippen molar-refractivity contribution < 1.29 is 58.8 Å². The number of rotatable bonds is 6. The molecule has 37 heavy (non-hydrogen) atoms. The zero-order chi connectivity index (χ0) is 27.0. The van der Waals surface area contributed by atoms with Gasteiger partial charge in [0.15, 0.2) is 28.4 Å². The minimum Gasteiger partial charge on any atom is -0.504 e. The summed E-state index contributed by atoms with van der Waals surface area (Å²) in [4.78, 5) is 24.0. The fourth-order valence-electron chi connectivity index (χ4n) is 3.81. The molecule has 0 spiro atoms. The van der Waals surface area contributed by atoms with Crippen LogP contribution < -0.4 is 14.9 Å². The van der Waals surface area contributed by atoms with Crippen molar-refractivity contribution in [1.82, 2.24) is 0 Å². The molecule has 0 unspecified atom stereocenters. The third-order valence-electron chi connectivity index (χ3n) is 5.75. The number of benzene rings is 2. The van der Waals surface area contributed by atoms with Gasteiger partial charge >= 0.3 is 5.97 Å². The van der Waals surface area contributed by atoms with Crippen LogP contribution in [0.25, 0.3) is 22.3 Å². The Hall–Kier alpha value is -4.04. The van der Waals surface area contributed by atoms with Crippen LogP contribution in [0.1, 0.15) is 6.92 Å². The average molecular weight is 520 g/mol. The second kappa shape index (κ2) is 10.1. The molecular formula is C24H24O13. The van der Waals surface area contributed by atoms with E-state index in [0.29, 0.717) is 0 Å². The van der Waals surface area contributed by atoms with Gasteiger partial charge in [-0.2, -0.15) is 0 Å². The van der Waals surface area contributed by atoms with Crippen molar-refractivity contribution in [2.75, 3.05) is 13.7 Å².